The zero-order chi connectivity index (χ0) is 23.8. The van der Waals surface area contributed by atoms with E-state index in [-0.39, 0.29) is 12.2 Å². The van der Waals surface area contributed by atoms with Crippen LogP contribution in [0.5, 0.6) is 5.75 Å². The second-order valence-corrected chi connectivity index (χ2v) is 9.43. The summed E-state index contributed by atoms with van der Waals surface area (Å²) in [5.41, 5.74) is 4.42. The molecule has 0 aliphatic carbocycles. The highest BCUT2D eigenvalue weighted by Crippen LogP contribution is 2.41. The third kappa shape index (κ3) is 4.32. The molecule has 0 saturated carbocycles. The van der Waals surface area contributed by atoms with Crippen LogP contribution < -0.4 is 9.64 Å². The van der Waals surface area contributed by atoms with Gasteiger partial charge in [-0.1, -0.05) is 18.2 Å². The molecule has 4 aliphatic rings. The van der Waals surface area contributed by atoms with E-state index in [1.165, 1.54) is 0 Å². The van der Waals surface area contributed by atoms with Gasteiger partial charge in [-0.25, -0.2) is 4.85 Å². The monoisotopic (exact) mass is 470 g/mol. The number of rotatable bonds is 5. The first-order valence-electron chi connectivity index (χ1n) is 11.8. The molecule has 4 aliphatic heterocycles. The number of furan rings is 1. The minimum Gasteiger partial charge on any atom is -0.489 e. The molecule has 178 valence electrons. The third-order valence-electron chi connectivity index (χ3n) is 6.93. The summed E-state index contributed by atoms with van der Waals surface area (Å²) in [6.07, 6.45) is 5.92. The van der Waals surface area contributed by atoms with E-state index >= 15 is 0 Å². The van der Waals surface area contributed by atoms with Crippen LogP contribution in [0.25, 0.3) is 10.9 Å². The number of anilines is 2. The SMILES string of the molecule is [C-]#[N+]C1=Cc2cc(COc3cccc(C4(O)CC5COC(C4)OC5)c3)ccc2N(c2ccoc2)C1. The van der Waals surface area contributed by atoms with E-state index in [1.54, 1.807) is 12.5 Å². The van der Waals surface area contributed by atoms with Gasteiger partial charge in [0.25, 0.3) is 0 Å². The molecule has 0 amide bonds. The Balaban J connectivity index is 1.21. The van der Waals surface area contributed by atoms with Gasteiger partial charge in [-0.05, 0) is 53.5 Å². The van der Waals surface area contributed by atoms with Gasteiger partial charge in [0.1, 0.15) is 18.6 Å². The van der Waals surface area contributed by atoms with Crippen molar-refractivity contribution in [3.63, 3.8) is 0 Å². The molecule has 1 aromatic heterocycles. The van der Waals surface area contributed by atoms with Gasteiger partial charge in [-0.3, -0.25) is 0 Å². The summed E-state index contributed by atoms with van der Waals surface area (Å²) < 4.78 is 22.8. The number of aliphatic hydroxyl groups is 1. The molecule has 35 heavy (non-hydrogen) atoms. The number of nitrogens with zero attached hydrogens (tertiary/aromatic N) is 2. The molecule has 2 bridgehead atoms. The van der Waals surface area contributed by atoms with Crippen LogP contribution in [0.2, 0.25) is 0 Å². The number of hydrogen-bond donors (Lipinski definition) is 1. The van der Waals surface area contributed by atoms with E-state index in [0.29, 0.717) is 50.7 Å². The number of hydrogen-bond acceptors (Lipinski definition) is 6. The molecular weight excluding hydrogens is 444 g/mol. The summed E-state index contributed by atoms with van der Waals surface area (Å²) in [6, 6.07) is 15.7. The van der Waals surface area contributed by atoms with Gasteiger partial charge in [0.05, 0.1) is 43.9 Å². The summed E-state index contributed by atoms with van der Waals surface area (Å²) in [5, 5.41) is 11.4. The van der Waals surface area contributed by atoms with Crippen molar-refractivity contribution in [1.82, 2.24) is 0 Å². The Hall–Kier alpha value is -3.57. The van der Waals surface area contributed by atoms with Crippen LogP contribution in [-0.4, -0.2) is 31.2 Å². The average molecular weight is 471 g/mol. The largest absolute Gasteiger partial charge is 0.489 e. The topological polar surface area (TPSA) is 68.7 Å². The minimum atomic E-state index is -0.995. The zero-order valence-electron chi connectivity index (χ0n) is 19.2. The molecular formula is C28H26N2O5. The first kappa shape index (κ1) is 21.9. The molecule has 3 saturated heterocycles. The summed E-state index contributed by atoms with van der Waals surface area (Å²) in [7, 11) is 0. The first-order chi connectivity index (χ1) is 17.1. The molecule has 5 heterocycles. The summed E-state index contributed by atoms with van der Waals surface area (Å²) >= 11 is 0. The van der Waals surface area contributed by atoms with Crippen molar-refractivity contribution in [3.8, 4) is 5.75 Å². The number of ether oxygens (including phenoxy) is 3. The Morgan fingerprint density at radius 2 is 2.00 bits per heavy atom. The molecule has 2 aromatic carbocycles. The lowest BCUT2D eigenvalue weighted by atomic mass is 9.83. The van der Waals surface area contributed by atoms with Crippen molar-refractivity contribution < 1.29 is 23.7 Å². The van der Waals surface area contributed by atoms with Crippen LogP contribution in [0, 0.1) is 12.5 Å². The molecule has 1 N–H and O–H groups in total. The van der Waals surface area contributed by atoms with Gasteiger partial charge >= 0.3 is 0 Å². The minimum absolute atomic E-state index is 0.189. The summed E-state index contributed by atoms with van der Waals surface area (Å²) in [5.74, 6) is 0.887. The van der Waals surface area contributed by atoms with E-state index in [0.717, 1.165) is 28.1 Å². The maximum Gasteiger partial charge on any atom is 0.185 e. The Morgan fingerprint density at radius 3 is 2.80 bits per heavy atom. The molecule has 3 aromatic rings. The van der Waals surface area contributed by atoms with Gasteiger partial charge in [-0.15, -0.1) is 0 Å². The quantitative estimate of drug-likeness (QED) is 0.515. The van der Waals surface area contributed by atoms with E-state index in [9.17, 15) is 5.11 Å². The number of benzene rings is 2. The van der Waals surface area contributed by atoms with Crippen LogP contribution in [-0.2, 0) is 21.7 Å². The van der Waals surface area contributed by atoms with Crippen molar-refractivity contribution in [2.24, 2.45) is 5.92 Å². The molecule has 0 spiro atoms. The van der Waals surface area contributed by atoms with Crippen LogP contribution in [0.15, 0.2) is 71.2 Å². The standard InChI is InChI=1S/C28H26N2O5/c1-29-23-10-21-9-19(5-6-26(21)30(14-23)24-7-8-32-18-24)15-33-25-4-2-3-22(11-25)28(31)12-20-16-34-27(13-28)35-17-20/h2-11,18,20,27,31H,12-17H2. The van der Waals surface area contributed by atoms with Crippen LogP contribution in [0.4, 0.5) is 11.4 Å². The van der Waals surface area contributed by atoms with E-state index in [2.05, 4.69) is 21.9 Å². The molecule has 1 unspecified atom stereocenters. The predicted octanol–water partition coefficient (Wildman–Crippen LogP) is 5.24. The van der Waals surface area contributed by atoms with Gasteiger partial charge in [0, 0.05) is 24.1 Å². The molecule has 1 atom stereocenters. The Kier molecular flexibility index (Phi) is 5.57. The maximum atomic E-state index is 11.4. The zero-order valence-corrected chi connectivity index (χ0v) is 19.2. The molecule has 7 heteroatoms. The molecule has 3 fully saturated rings. The lowest BCUT2D eigenvalue weighted by Crippen LogP contribution is -2.29. The van der Waals surface area contributed by atoms with Gasteiger partial charge < -0.3 is 28.6 Å². The predicted molar refractivity (Wildman–Crippen MR) is 130 cm³/mol. The average Bonchev–Trinajstić information content (AvgIpc) is 3.31. The second-order valence-electron chi connectivity index (χ2n) is 9.43. The van der Waals surface area contributed by atoms with Gasteiger partial charge in [-0.2, -0.15) is 0 Å². The molecule has 7 nitrogen and oxygen atoms in total. The normalized spacial score (nSPS) is 25.4. The lowest BCUT2D eigenvalue weighted by Gasteiger charge is -2.29. The third-order valence-corrected chi connectivity index (χ3v) is 6.93. The lowest BCUT2D eigenvalue weighted by molar-refractivity contribution is -0.195. The molecule has 0 radical (unpaired) electrons. The van der Waals surface area contributed by atoms with Crippen molar-refractivity contribution >= 4 is 17.5 Å². The fourth-order valence-corrected chi connectivity index (χ4v) is 5.17. The fraction of sp³-hybridized carbons (Fsp3) is 0.321. The molecule has 7 rings (SSSR count). The van der Waals surface area contributed by atoms with Crippen molar-refractivity contribution in [2.45, 2.75) is 31.3 Å². The van der Waals surface area contributed by atoms with Crippen molar-refractivity contribution in [1.29, 1.82) is 0 Å². The van der Waals surface area contributed by atoms with E-state index in [1.807, 2.05) is 42.5 Å². The smallest absolute Gasteiger partial charge is 0.185 e. The maximum absolute atomic E-state index is 11.4. The Bertz CT molecular complexity index is 1270. The van der Waals surface area contributed by atoms with Gasteiger partial charge in [0.2, 0.25) is 0 Å². The van der Waals surface area contributed by atoms with E-state index < -0.39 is 5.60 Å². The van der Waals surface area contributed by atoms with Crippen LogP contribution in [0.1, 0.15) is 29.5 Å². The summed E-state index contributed by atoms with van der Waals surface area (Å²) in [4.78, 5) is 5.76. The van der Waals surface area contributed by atoms with Crippen molar-refractivity contribution in [2.75, 3.05) is 24.7 Å². The Morgan fingerprint density at radius 1 is 1.11 bits per heavy atom. The highest BCUT2D eigenvalue weighted by molar-refractivity contribution is 5.80. The first-order valence-corrected chi connectivity index (χ1v) is 11.8. The number of fused-ring (bicyclic) bond motifs is 5. The van der Waals surface area contributed by atoms with Gasteiger partial charge in [0.15, 0.2) is 12.0 Å². The fourth-order valence-electron chi connectivity index (χ4n) is 5.17. The summed E-state index contributed by atoms with van der Waals surface area (Å²) in [6.45, 7) is 9.65. The highest BCUT2D eigenvalue weighted by Gasteiger charge is 2.42. The van der Waals surface area contributed by atoms with Crippen molar-refractivity contribution in [3.05, 3.63) is 94.9 Å². The van der Waals surface area contributed by atoms with Crippen LogP contribution in [0.3, 0.4) is 0 Å². The van der Waals surface area contributed by atoms with Crippen LogP contribution >= 0.6 is 0 Å². The van der Waals surface area contributed by atoms with E-state index in [4.69, 9.17) is 25.2 Å². The Labute approximate surface area is 204 Å². The second kappa shape index (κ2) is 8.90. The highest BCUT2D eigenvalue weighted by atomic mass is 16.7.